The van der Waals surface area contributed by atoms with E-state index in [0.717, 1.165) is 22.3 Å². The molecule has 24 heavy (non-hydrogen) atoms. The number of ether oxygens (including phenoxy) is 1. The molecule has 0 saturated heterocycles. The topological polar surface area (TPSA) is 39.9 Å². The van der Waals surface area contributed by atoms with Crippen LogP contribution < -0.4 is 4.74 Å². The van der Waals surface area contributed by atoms with Crippen LogP contribution in [0.3, 0.4) is 0 Å². The fraction of sp³-hybridized carbons (Fsp3) is 0.222. The molecule has 0 aliphatic carbocycles. The molecule has 0 radical (unpaired) electrons. The van der Waals surface area contributed by atoms with Crippen molar-refractivity contribution in [3.8, 4) is 17.1 Å². The lowest BCUT2D eigenvalue weighted by molar-refractivity contribution is 0.340. The van der Waals surface area contributed by atoms with Crippen LogP contribution in [0.2, 0.25) is 0 Å². The zero-order chi connectivity index (χ0) is 16.9. The van der Waals surface area contributed by atoms with Crippen LogP contribution in [0.1, 0.15) is 12.5 Å². The summed E-state index contributed by atoms with van der Waals surface area (Å²) >= 11 is 1.47. The number of halogens is 1. The summed E-state index contributed by atoms with van der Waals surface area (Å²) in [7, 11) is 1.91. The summed E-state index contributed by atoms with van der Waals surface area (Å²) in [5, 5.41) is 9.22. The zero-order valence-electron chi connectivity index (χ0n) is 13.6. The van der Waals surface area contributed by atoms with Gasteiger partial charge < -0.3 is 9.30 Å². The number of nitrogens with zero attached hydrogens (tertiary/aromatic N) is 3. The van der Waals surface area contributed by atoms with Crippen LogP contribution >= 0.6 is 11.8 Å². The maximum absolute atomic E-state index is 13.7. The van der Waals surface area contributed by atoms with Gasteiger partial charge in [0.25, 0.3) is 0 Å². The fourth-order valence-corrected chi connectivity index (χ4v) is 3.21. The molecule has 6 heteroatoms. The van der Waals surface area contributed by atoms with E-state index >= 15 is 0 Å². The minimum atomic E-state index is -0.195. The van der Waals surface area contributed by atoms with Gasteiger partial charge in [-0.1, -0.05) is 30.0 Å². The van der Waals surface area contributed by atoms with Crippen molar-refractivity contribution in [2.75, 3.05) is 6.61 Å². The normalized spacial score (nSPS) is 10.8. The van der Waals surface area contributed by atoms with Gasteiger partial charge in [0.1, 0.15) is 11.6 Å². The number of rotatable bonds is 6. The van der Waals surface area contributed by atoms with E-state index in [4.69, 9.17) is 4.74 Å². The van der Waals surface area contributed by atoms with E-state index in [1.54, 1.807) is 12.1 Å². The fourth-order valence-electron chi connectivity index (χ4n) is 2.32. The van der Waals surface area contributed by atoms with Crippen LogP contribution in [0.15, 0.2) is 53.7 Å². The average Bonchev–Trinajstić information content (AvgIpc) is 2.96. The number of hydrogen-bond donors (Lipinski definition) is 0. The van der Waals surface area contributed by atoms with Gasteiger partial charge in [0.15, 0.2) is 11.0 Å². The first-order chi connectivity index (χ1) is 11.7. The molecule has 3 aromatic rings. The number of aromatic nitrogens is 3. The summed E-state index contributed by atoms with van der Waals surface area (Å²) in [6.07, 6.45) is 0. The Balaban J connectivity index is 1.75. The third-order valence-electron chi connectivity index (χ3n) is 3.57. The lowest BCUT2D eigenvalue weighted by Gasteiger charge is -2.06. The van der Waals surface area contributed by atoms with Crippen molar-refractivity contribution in [3.63, 3.8) is 0 Å². The summed E-state index contributed by atoms with van der Waals surface area (Å²) in [6, 6.07) is 14.5. The summed E-state index contributed by atoms with van der Waals surface area (Å²) in [5.74, 6) is 1.92. The van der Waals surface area contributed by atoms with E-state index in [9.17, 15) is 4.39 Å². The van der Waals surface area contributed by atoms with Crippen LogP contribution in [0, 0.1) is 5.82 Å². The van der Waals surface area contributed by atoms with Gasteiger partial charge in [0.2, 0.25) is 0 Å². The Morgan fingerprint density at radius 3 is 2.54 bits per heavy atom. The molecule has 2 aromatic carbocycles. The van der Waals surface area contributed by atoms with Gasteiger partial charge in [-0.3, -0.25) is 0 Å². The van der Waals surface area contributed by atoms with Gasteiger partial charge in [-0.25, -0.2) is 4.39 Å². The predicted molar refractivity (Wildman–Crippen MR) is 93.6 cm³/mol. The Labute approximate surface area is 144 Å². The highest BCUT2D eigenvalue weighted by atomic mass is 32.2. The SMILES string of the molecule is CCOc1ccc(-c2nnc(SCc3ccccc3F)n2C)cc1. The first-order valence-corrected chi connectivity index (χ1v) is 8.66. The van der Waals surface area contributed by atoms with Crippen molar-refractivity contribution in [2.45, 2.75) is 17.8 Å². The molecule has 4 nitrogen and oxygen atoms in total. The molecule has 0 amide bonds. The summed E-state index contributed by atoms with van der Waals surface area (Å²) in [5.41, 5.74) is 1.62. The molecular formula is C18H18FN3OS. The second-order valence-corrected chi connectivity index (χ2v) is 6.15. The van der Waals surface area contributed by atoms with E-state index < -0.39 is 0 Å². The molecule has 0 unspecified atom stereocenters. The molecule has 0 saturated carbocycles. The van der Waals surface area contributed by atoms with E-state index in [1.807, 2.05) is 48.9 Å². The minimum Gasteiger partial charge on any atom is -0.494 e. The Hall–Kier alpha value is -2.34. The van der Waals surface area contributed by atoms with Crippen LogP contribution in [-0.2, 0) is 12.8 Å². The first-order valence-electron chi connectivity index (χ1n) is 7.68. The van der Waals surface area contributed by atoms with Crippen LogP contribution in [0.25, 0.3) is 11.4 Å². The number of hydrogen-bond acceptors (Lipinski definition) is 4. The standard InChI is InChI=1S/C18H18FN3OS/c1-3-23-15-10-8-13(9-11-15)17-20-21-18(22(17)2)24-12-14-6-4-5-7-16(14)19/h4-11H,3,12H2,1-2H3. The lowest BCUT2D eigenvalue weighted by Crippen LogP contribution is -1.96. The zero-order valence-corrected chi connectivity index (χ0v) is 14.4. The van der Waals surface area contributed by atoms with Crippen molar-refractivity contribution in [2.24, 2.45) is 7.05 Å². The van der Waals surface area contributed by atoms with Crippen molar-refractivity contribution in [1.29, 1.82) is 0 Å². The van der Waals surface area contributed by atoms with E-state index in [1.165, 1.54) is 17.8 Å². The summed E-state index contributed by atoms with van der Waals surface area (Å²) in [4.78, 5) is 0. The molecule has 0 aliphatic rings. The van der Waals surface area contributed by atoms with E-state index in [2.05, 4.69) is 10.2 Å². The number of thioether (sulfide) groups is 1. The first kappa shape index (κ1) is 16.5. The highest BCUT2D eigenvalue weighted by Gasteiger charge is 2.12. The van der Waals surface area contributed by atoms with Crippen molar-refractivity contribution in [3.05, 3.63) is 59.9 Å². The van der Waals surface area contributed by atoms with Crippen LogP contribution in [0.5, 0.6) is 5.75 Å². The third kappa shape index (κ3) is 3.59. The minimum absolute atomic E-state index is 0.195. The lowest BCUT2D eigenvalue weighted by atomic mass is 10.2. The molecule has 1 heterocycles. The van der Waals surface area contributed by atoms with Crippen molar-refractivity contribution in [1.82, 2.24) is 14.8 Å². The second-order valence-electron chi connectivity index (χ2n) is 5.20. The maximum Gasteiger partial charge on any atom is 0.191 e. The Bertz CT molecular complexity index is 817. The summed E-state index contributed by atoms with van der Waals surface area (Å²) in [6.45, 7) is 2.59. The molecule has 0 bridgehead atoms. The Kier molecular flexibility index (Phi) is 5.15. The third-order valence-corrected chi connectivity index (χ3v) is 4.64. The van der Waals surface area contributed by atoms with Crippen LogP contribution in [0.4, 0.5) is 4.39 Å². The highest BCUT2D eigenvalue weighted by Crippen LogP contribution is 2.27. The maximum atomic E-state index is 13.7. The van der Waals surface area contributed by atoms with Gasteiger partial charge in [-0.05, 0) is 42.8 Å². The largest absolute Gasteiger partial charge is 0.494 e. The van der Waals surface area contributed by atoms with E-state index in [0.29, 0.717) is 17.9 Å². The smallest absolute Gasteiger partial charge is 0.191 e. The van der Waals surface area contributed by atoms with Gasteiger partial charge in [-0.2, -0.15) is 0 Å². The number of benzene rings is 2. The Morgan fingerprint density at radius 1 is 1.08 bits per heavy atom. The second kappa shape index (κ2) is 7.49. The summed E-state index contributed by atoms with van der Waals surface area (Å²) < 4.78 is 21.1. The van der Waals surface area contributed by atoms with Crippen molar-refractivity contribution >= 4 is 11.8 Å². The van der Waals surface area contributed by atoms with Gasteiger partial charge in [0, 0.05) is 18.4 Å². The monoisotopic (exact) mass is 343 g/mol. The molecule has 0 aliphatic heterocycles. The molecule has 0 N–H and O–H groups in total. The van der Waals surface area contributed by atoms with Gasteiger partial charge in [0.05, 0.1) is 6.61 Å². The Morgan fingerprint density at radius 2 is 1.83 bits per heavy atom. The molecule has 0 atom stereocenters. The van der Waals surface area contributed by atoms with Crippen LogP contribution in [-0.4, -0.2) is 21.4 Å². The molecular weight excluding hydrogens is 325 g/mol. The van der Waals surface area contributed by atoms with Gasteiger partial charge >= 0.3 is 0 Å². The average molecular weight is 343 g/mol. The predicted octanol–water partition coefficient (Wildman–Crippen LogP) is 4.31. The van der Waals surface area contributed by atoms with Crippen molar-refractivity contribution < 1.29 is 9.13 Å². The quantitative estimate of drug-likeness (QED) is 0.625. The van der Waals surface area contributed by atoms with Gasteiger partial charge in [-0.15, -0.1) is 10.2 Å². The van der Waals surface area contributed by atoms with E-state index in [-0.39, 0.29) is 5.82 Å². The molecule has 0 fully saturated rings. The molecule has 3 rings (SSSR count). The molecule has 1 aromatic heterocycles. The molecule has 0 spiro atoms. The highest BCUT2D eigenvalue weighted by molar-refractivity contribution is 7.98. The molecule has 124 valence electrons.